The first-order chi connectivity index (χ1) is 15.9. The Morgan fingerprint density at radius 1 is 1.09 bits per heavy atom. The summed E-state index contributed by atoms with van der Waals surface area (Å²) in [6.45, 7) is 2.28. The van der Waals surface area contributed by atoms with Crippen LogP contribution in [-0.2, 0) is 4.79 Å². The summed E-state index contributed by atoms with van der Waals surface area (Å²) in [5.41, 5.74) is 4.53. The molecule has 2 heterocycles. The molecule has 33 heavy (non-hydrogen) atoms. The number of rotatable bonds is 7. The number of benzene rings is 2. The number of amides is 2. The first-order valence-electron chi connectivity index (χ1n) is 10.3. The van der Waals surface area contributed by atoms with Crippen molar-refractivity contribution in [3.05, 3.63) is 86.7 Å². The van der Waals surface area contributed by atoms with Gasteiger partial charge in [-0.25, -0.2) is 9.66 Å². The molecule has 0 saturated heterocycles. The van der Waals surface area contributed by atoms with Gasteiger partial charge in [0.15, 0.2) is 0 Å². The Balaban J connectivity index is 1.40. The van der Waals surface area contributed by atoms with E-state index in [4.69, 9.17) is 11.6 Å². The average Bonchev–Trinajstić information content (AvgIpc) is 3.16. The average molecular weight is 481 g/mol. The van der Waals surface area contributed by atoms with Gasteiger partial charge in [-0.05, 0) is 43.2 Å². The van der Waals surface area contributed by atoms with Crippen molar-refractivity contribution in [3.63, 3.8) is 0 Å². The summed E-state index contributed by atoms with van der Waals surface area (Å²) in [5, 5.41) is 3.80. The number of fused-ring (bicyclic) bond motifs is 1. The second kappa shape index (κ2) is 9.97. The predicted molar refractivity (Wildman–Crippen MR) is 131 cm³/mol. The zero-order valence-corrected chi connectivity index (χ0v) is 19.4. The van der Waals surface area contributed by atoms with E-state index in [1.165, 1.54) is 17.7 Å². The molecule has 2 amide bonds. The molecule has 2 N–H and O–H groups in total. The lowest BCUT2D eigenvalue weighted by atomic mass is 10.0. The highest BCUT2D eigenvalue weighted by Gasteiger charge is 2.17. The molecule has 7 nitrogen and oxygen atoms in total. The largest absolute Gasteiger partial charge is 0.352 e. The van der Waals surface area contributed by atoms with Crippen LogP contribution in [-0.4, -0.2) is 28.0 Å². The van der Waals surface area contributed by atoms with Crippen LogP contribution in [0.25, 0.3) is 21.3 Å². The lowest BCUT2D eigenvalue weighted by Crippen LogP contribution is -2.33. The maximum atomic E-state index is 13.1. The van der Waals surface area contributed by atoms with Crippen LogP contribution in [0, 0.1) is 6.92 Å². The van der Waals surface area contributed by atoms with E-state index in [0.29, 0.717) is 33.8 Å². The van der Waals surface area contributed by atoms with E-state index >= 15 is 0 Å². The van der Waals surface area contributed by atoms with Crippen molar-refractivity contribution in [3.8, 4) is 11.1 Å². The van der Waals surface area contributed by atoms with Crippen LogP contribution in [0.3, 0.4) is 0 Å². The number of aromatic nitrogens is 2. The standard InChI is InChI=1S/C24H21ClN4O3S/c1-15-20(16-6-3-2-4-7-16)21-23(33-15)27-14-29(24(21)32)28-19(30)8-5-13-26-22(31)17-9-11-18(25)12-10-17/h2-4,6-7,9-12,14H,5,8,13H2,1H3,(H,26,31)(H,28,30). The van der Waals surface area contributed by atoms with E-state index < -0.39 is 0 Å². The molecule has 0 bridgehead atoms. The van der Waals surface area contributed by atoms with Gasteiger partial charge < -0.3 is 5.32 Å². The van der Waals surface area contributed by atoms with Crippen LogP contribution < -0.4 is 16.3 Å². The number of hydrogen-bond acceptors (Lipinski definition) is 5. The van der Waals surface area contributed by atoms with Crippen molar-refractivity contribution in [1.82, 2.24) is 15.0 Å². The quantitative estimate of drug-likeness (QED) is 0.384. The van der Waals surface area contributed by atoms with Gasteiger partial charge in [0.25, 0.3) is 11.5 Å². The van der Waals surface area contributed by atoms with E-state index in [1.807, 2.05) is 37.3 Å². The van der Waals surface area contributed by atoms with Gasteiger partial charge in [0.1, 0.15) is 11.2 Å². The van der Waals surface area contributed by atoms with Crippen LogP contribution in [0.1, 0.15) is 28.1 Å². The number of carbonyl (C=O) groups excluding carboxylic acids is 2. The van der Waals surface area contributed by atoms with Gasteiger partial charge in [0.2, 0.25) is 5.91 Å². The number of halogens is 1. The Labute approximate surface area is 199 Å². The molecule has 0 spiro atoms. The minimum absolute atomic E-state index is 0.138. The topological polar surface area (TPSA) is 93.1 Å². The van der Waals surface area contributed by atoms with Gasteiger partial charge in [-0.3, -0.25) is 19.8 Å². The van der Waals surface area contributed by atoms with Crippen LogP contribution in [0.2, 0.25) is 5.02 Å². The highest BCUT2D eigenvalue weighted by molar-refractivity contribution is 7.19. The fourth-order valence-electron chi connectivity index (χ4n) is 3.48. The van der Waals surface area contributed by atoms with E-state index in [9.17, 15) is 14.4 Å². The molecular weight excluding hydrogens is 460 g/mol. The summed E-state index contributed by atoms with van der Waals surface area (Å²) >= 11 is 7.27. The molecule has 0 radical (unpaired) electrons. The molecule has 2 aromatic carbocycles. The summed E-state index contributed by atoms with van der Waals surface area (Å²) in [6.07, 6.45) is 1.89. The van der Waals surface area contributed by atoms with Crippen LogP contribution in [0.5, 0.6) is 0 Å². The van der Waals surface area contributed by atoms with E-state index in [-0.39, 0.29) is 23.8 Å². The highest BCUT2D eigenvalue weighted by Crippen LogP contribution is 2.35. The van der Waals surface area contributed by atoms with Crippen molar-refractivity contribution >= 4 is 45.0 Å². The third-order valence-electron chi connectivity index (χ3n) is 5.07. The fraction of sp³-hybridized carbons (Fsp3) is 0.167. The second-order valence-corrected chi connectivity index (χ2v) is 9.04. The van der Waals surface area contributed by atoms with Crippen molar-refractivity contribution in [1.29, 1.82) is 0 Å². The maximum Gasteiger partial charge on any atom is 0.281 e. The number of hydrogen-bond donors (Lipinski definition) is 2. The SMILES string of the molecule is Cc1sc2ncn(NC(=O)CCCNC(=O)c3ccc(Cl)cc3)c(=O)c2c1-c1ccccc1. The third kappa shape index (κ3) is 5.13. The first kappa shape index (κ1) is 22.7. The zero-order valence-electron chi connectivity index (χ0n) is 17.8. The maximum absolute atomic E-state index is 13.1. The van der Waals surface area contributed by atoms with E-state index in [1.54, 1.807) is 24.3 Å². The molecule has 4 rings (SSSR count). The minimum Gasteiger partial charge on any atom is -0.352 e. The Hall–Kier alpha value is -3.49. The Bertz CT molecular complexity index is 1360. The normalized spacial score (nSPS) is 10.8. The lowest BCUT2D eigenvalue weighted by molar-refractivity contribution is -0.117. The Morgan fingerprint density at radius 3 is 2.55 bits per heavy atom. The molecule has 0 aliphatic heterocycles. The summed E-state index contributed by atoms with van der Waals surface area (Å²) in [5.74, 6) is -0.577. The molecule has 4 aromatic rings. The molecule has 2 aromatic heterocycles. The number of thiophene rings is 1. The van der Waals surface area contributed by atoms with E-state index in [2.05, 4.69) is 15.7 Å². The van der Waals surface area contributed by atoms with Gasteiger partial charge in [-0.2, -0.15) is 0 Å². The van der Waals surface area contributed by atoms with Crippen LogP contribution in [0.4, 0.5) is 0 Å². The van der Waals surface area contributed by atoms with Gasteiger partial charge in [0, 0.05) is 34.0 Å². The number of aryl methyl sites for hydroxylation is 1. The van der Waals surface area contributed by atoms with Crippen molar-refractivity contribution < 1.29 is 9.59 Å². The van der Waals surface area contributed by atoms with E-state index in [0.717, 1.165) is 20.7 Å². The molecule has 0 unspecified atom stereocenters. The summed E-state index contributed by atoms with van der Waals surface area (Å²) in [4.78, 5) is 43.6. The molecule has 0 saturated carbocycles. The van der Waals surface area contributed by atoms with Gasteiger partial charge in [-0.15, -0.1) is 11.3 Å². The predicted octanol–water partition coefficient (Wildman–Crippen LogP) is 4.37. The minimum atomic E-state index is -0.341. The molecule has 0 aliphatic carbocycles. The molecule has 168 valence electrons. The van der Waals surface area contributed by atoms with Crippen LogP contribution in [0.15, 0.2) is 65.7 Å². The molecule has 0 atom stereocenters. The molecule has 9 heteroatoms. The Morgan fingerprint density at radius 2 is 1.82 bits per heavy atom. The fourth-order valence-corrected chi connectivity index (χ4v) is 4.61. The summed E-state index contributed by atoms with van der Waals surface area (Å²) in [6, 6.07) is 16.2. The van der Waals surface area contributed by atoms with Crippen molar-refractivity contribution in [2.75, 3.05) is 12.0 Å². The smallest absolute Gasteiger partial charge is 0.281 e. The number of nitrogens with one attached hydrogen (secondary N) is 2. The molecule has 0 fully saturated rings. The molecular formula is C24H21ClN4O3S. The van der Waals surface area contributed by atoms with Gasteiger partial charge >= 0.3 is 0 Å². The highest BCUT2D eigenvalue weighted by atomic mass is 35.5. The lowest BCUT2D eigenvalue weighted by Gasteiger charge is -2.09. The second-order valence-electron chi connectivity index (χ2n) is 7.40. The summed E-state index contributed by atoms with van der Waals surface area (Å²) in [7, 11) is 0. The monoisotopic (exact) mass is 480 g/mol. The van der Waals surface area contributed by atoms with Gasteiger partial charge in [0.05, 0.1) is 5.39 Å². The van der Waals surface area contributed by atoms with Crippen molar-refractivity contribution in [2.45, 2.75) is 19.8 Å². The summed E-state index contributed by atoms with van der Waals surface area (Å²) < 4.78 is 1.12. The number of nitrogens with zero attached hydrogens (tertiary/aromatic N) is 2. The third-order valence-corrected chi connectivity index (χ3v) is 6.33. The zero-order chi connectivity index (χ0) is 23.4. The molecule has 0 aliphatic rings. The van der Waals surface area contributed by atoms with Crippen molar-refractivity contribution in [2.24, 2.45) is 0 Å². The number of carbonyl (C=O) groups is 2. The van der Waals surface area contributed by atoms with Gasteiger partial charge in [-0.1, -0.05) is 41.9 Å². The first-order valence-corrected chi connectivity index (χ1v) is 11.5. The van der Waals surface area contributed by atoms with Crippen LogP contribution >= 0.6 is 22.9 Å². The Kier molecular flexibility index (Phi) is 6.86.